The van der Waals surface area contributed by atoms with Gasteiger partial charge in [0, 0.05) is 31.2 Å². The minimum absolute atomic E-state index is 0.0152. The van der Waals surface area contributed by atoms with E-state index in [0.29, 0.717) is 31.8 Å². The van der Waals surface area contributed by atoms with Crippen molar-refractivity contribution in [1.29, 1.82) is 0 Å². The lowest BCUT2D eigenvalue weighted by Gasteiger charge is -2.31. The fraction of sp³-hybridized carbons (Fsp3) is 0.625. The maximum absolute atomic E-state index is 12.6. The lowest BCUT2D eigenvalue weighted by atomic mass is 9.96. The summed E-state index contributed by atoms with van der Waals surface area (Å²) in [4.78, 5) is 16.2. The lowest BCUT2D eigenvalue weighted by Crippen LogP contribution is -2.45. The second kappa shape index (κ2) is 7.80. The monoisotopic (exact) mass is 373 g/mol. The average molecular weight is 374 g/mol. The Morgan fingerprint density at radius 2 is 1.92 bits per heavy atom. The zero-order valence-electron chi connectivity index (χ0n) is 14.2. The summed E-state index contributed by atoms with van der Waals surface area (Å²) in [5, 5.41) is 3.26. The molecule has 0 aliphatic carbocycles. The summed E-state index contributed by atoms with van der Waals surface area (Å²) in [5.74, 6) is 0.245. The van der Waals surface area contributed by atoms with Crippen molar-refractivity contribution in [3.05, 3.63) is 23.5 Å². The first kappa shape index (κ1) is 19.1. The molecule has 1 fully saturated rings. The van der Waals surface area contributed by atoms with E-state index in [1.807, 2.05) is 6.92 Å². The minimum Gasteiger partial charge on any atom is -0.353 e. The van der Waals surface area contributed by atoms with Gasteiger partial charge in [0.05, 0.1) is 0 Å². The first-order valence-electron chi connectivity index (χ1n) is 8.14. The molecular weight excluding hydrogens is 350 g/mol. The van der Waals surface area contributed by atoms with Gasteiger partial charge in [-0.25, -0.2) is 13.4 Å². The normalized spacial score (nSPS) is 18.5. The van der Waals surface area contributed by atoms with E-state index < -0.39 is 10.0 Å². The summed E-state index contributed by atoms with van der Waals surface area (Å²) in [6.07, 6.45) is 2.31. The fourth-order valence-electron chi connectivity index (χ4n) is 2.53. The first-order valence-corrected chi connectivity index (χ1v) is 9.95. The van der Waals surface area contributed by atoms with Crippen molar-refractivity contribution in [2.24, 2.45) is 11.8 Å². The molecule has 1 N–H and O–H groups in total. The quantitative estimate of drug-likeness (QED) is 0.803. The number of carbonyl (C=O) groups is 1. The third kappa shape index (κ3) is 4.46. The van der Waals surface area contributed by atoms with Gasteiger partial charge in [-0.15, -0.1) is 0 Å². The van der Waals surface area contributed by atoms with Crippen LogP contribution in [0.3, 0.4) is 0 Å². The molecule has 1 amide bonds. The second-order valence-electron chi connectivity index (χ2n) is 6.54. The van der Waals surface area contributed by atoms with Crippen LogP contribution in [0.5, 0.6) is 0 Å². The number of piperidine rings is 1. The van der Waals surface area contributed by atoms with E-state index in [0.717, 1.165) is 0 Å². The predicted molar refractivity (Wildman–Crippen MR) is 93.2 cm³/mol. The van der Waals surface area contributed by atoms with Crippen LogP contribution in [-0.4, -0.2) is 42.7 Å². The Labute approximate surface area is 148 Å². The topological polar surface area (TPSA) is 79.4 Å². The number of sulfonamides is 1. The maximum Gasteiger partial charge on any atom is 0.244 e. The van der Waals surface area contributed by atoms with Crippen LogP contribution in [0.25, 0.3) is 0 Å². The van der Waals surface area contributed by atoms with Crippen LogP contribution in [0.1, 0.15) is 33.6 Å². The van der Waals surface area contributed by atoms with Gasteiger partial charge in [-0.05, 0) is 37.8 Å². The summed E-state index contributed by atoms with van der Waals surface area (Å²) in [7, 11) is -3.58. The van der Waals surface area contributed by atoms with Gasteiger partial charge >= 0.3 is 0 Å². The van der Waals surface area contributed by atoms with E-state index in [1.54, 1.807) is 0 Å². The van der Waals surface area contributed by atoms with Crippen molar-refractivity contribution in [1.82, 2.24) is 14.6 Å². The molecule has 0 aromatic carbocycles. The molecule has 2 heterocycles. The van der Waals surface area contributed by atoms with Crippen molar-refractivity contribution in [3.63, 3.8) is 0 Å². The van der Waals surface area contributed by atoms with Gasteiger partial charge in [0.1, 0.15) is 10.0 Å². The molecule has 0 bridgehead atoms. The molecule has 1 aromatic heterocycles. The third-order valence-corrected chi connectivity index (χ3v) is 6.64. The van der Waals surface area contributed by atoms with Crippen molar-refractivity contribution in [3.8, 4) is 0 Å². The molecule has 8 heteroatoms. The number of carbonyl (C=O) groups excluding carboxylic acids is 1. The maximum atomic E-state index is 12.6. The van der Waals surface area contributed by atoms with E-state index in [2.05, 4.69) is 24.1 Å². The highest BCUT2D eigenvalue weighted by atomic mass is 35.5. The highest BCUT2D eigenvalue weighted by Crippen LogP contribution is 2.24. The molecule has 0 radical (unpaired) electrons. The summed E-state index contributed by atoms with van der Waals surface area (Å²) >= 11 is 5.70. The van der Waals surface area contributed by atoms with Gasteiger partial charge in [0.2, 0.25) is 15.9 Å². The van der Waals surface area contributed by atoms with Crippen molar-refractivity contribution in [2.45, 2.75) is 44.6 Å². The smallest absolute Gasteiger partial charge is 0.244 e. The van der Waals surface area contributed by atoms with Crippen LogP contribution >= 0.6 is 11.6 Å². The Morgan fingerprint density at radius 3 is 2.42 bits per heavy atom. The summed E-state index contributed by atoms with van der Waals surface area (Å²) in [6, 6.07) is 3.02. The van der Waals surface area contributed by atoms with Gasteiger partial charge < -0.3 is 5.32 Å². The largest absolute Gasteiger partial charge is 0.353 e. The number of hydrogen-bond acceptors (Lipinski definition) is 4. The van der Waals surface area contributed by atoms with Crippen molar-refractivity contribution < 1.29 is 13.2 Å². The highest BCUT2D eigenvalue weighted by molar-refractivity contribution is 7.89. The number of aromatic nitrogens is 1. The van der Waals surface area contributed by atoms with E-state index >= 15 is 0 Å². The molecule has 6 nitrogen and oxygen atoms in total. The molecule has 1 aromatic rings. The number of pyridine rings is 1. The Balaban J connectivity index is 1.97. The molecule has 1 atom stereocenters. The summed E-state index contributed by atoms with van der Waals surface area (Å²) in [5.41, 5.74) is 0. The number of amides is 1. The number of hydrogen-bond donors (Lipinski definition) is 1. The third-order valence-electron chi connectivity index (χ3n) is 4.53. The van der Waals surface area contributed by atoms with E-state index in [1.165, 1.54) is 22.6 Å². The molecule has 1 saturated heterocycles. The van der Waals surface area contributed by atoms with Gasteiger partial charge in [-0.1, -0.05) is 25.4 Å². The number of nitrogens with zero attached hydrogens (tertiary/aromatic N) is 2. The molecule has 1 unspecified atom stereocenters. The molecule has 0 spiro atoms. The SMILES string of the molecule is CC(C)C(C)NC(=O)C1CCN(S(=O)(=O)c2ccc(Cl)nc2)CC1. The van der Waals surface area contributed by atoms with Crippen molar-refractivity contribution in [2.75, 3.05) is 13.1 Å². The van der Waals surface area contributed by atoms with Gasteiger partial charge in [-0.2, -0.15) is 4.31 Å². The first-order chi connectivity index (χ1) is 11.2. The standard InChI is InChI=1S/C16H24ClN3O3S/c1-11(2)12(3)19-16(21)13-6-8-20(9-7-13)24(22,23)14-4-5-15(17)18-10-14/h4-5,10-13H,6-9H2,1-3H3,(H,19,21). The van der Waals surface area contributed by atoms with Crippen LogP contribution in [0.2, 0.25) is 5.15 Å². The molecule has 1 aliphatic heterocycles. The van der Waals surface area contributed by atoms with Gasteiger partial charge in [0.25, 0.3) is 0 Å². The predicted octanol–water partition coefficient (Wildman–Crippen LogP) is 2.30. The fourth-order valence-corrected chi connectivity index (χ4v) is 4.06. The minimum atomic E-state index is -3.58. The molecule has 2 rings (SSSR count). The Kier molecular flexibility index (Phi) is 6.22. The van der Waals surface area contributed by atoms with Crippen LogP contribution in [0.15, 0.2) is 23.2 Å². The van der Waals surface area contributed by atoms with Crippen molar-refractivity contribution >= 4 is 27.5 Å². The van der Waals surface area contributed by atoms with Crippen LogP contribution < -0.4 is 5.32 Å². The summed E-state index contributed by atoms with van der Waals surface area (Å²) in [6.45, 7) is 6.76. The Bertz CT molecular complexity index is 668. The number of halogens is 1. The average Bonchev–Trinajstić information content (AvgIpc) is 2.55. The highest BCUT2D eigenvalue weighted by Gasteiger charge is 2.32. The molecule has 1 aliphatic rings. The van der Waals surface area contributed by atoms with Crippen LogP contribution in [0.4, 0.5) is 0 Å². The number of nitrogens with one attached hydrogen (secondary N) is 1. The van der Waals surface area contributed by atoms with Crippen LogP contribution in [0, 0.1) is 11.8 Å². The zero-order chi connectivity index (χ0) is 17.9. The molecular formula is C16H24ClN3O3S. The molecule has 134 valence electrons. The van der Waals surface area contributed by atoms with E-state index in [9.17, 15) is 13.2 Å². The van der Waals surface area contributed by atoms with E-state index in [-0.39, 0.29) is 27.9 Å². The second-order valence-corrected chi connectivity index (χ2v) is 8.86. The van der Waals surface area contributed by atoms with Gasteiger partial charge in [0.15, 0.2) is 0 Å². The molecule has 24 heavy (non-hydrogen) atoms. The van der Waals surface area contributed by atoms with Gasteiger partial charge in [-0.3, -0.25) is 4.79 Å². The summed E-state index contributed by atoms with van der Waals surface area (Å²) < 4.78 is 26.6. The number of rotatable bonds is 5. The Hall–Kier alpha value is -1.18. The van der Waals surface area contributed by atoms with Crippen LogP contribution in [-0.2, 0) is 14.8 Å². The lowest BCUT2D eigenvalue weighted by molar-refractivity contribution is -0.127. The Morgan fingerprint density at radius 1 is 1.29 bits per heavy atom. The van der Waals surface area contributed by atoms with E-state index in [4.69, 9.17) is 11.6 Å². The zero-order valence-corrected chi connectivity index (χ0v) is 15.8. The molecule has 0 saturated carbocycles.